The van der Waals surface area contributed by atoms with Crippen molar-refractivity contribution in [1.82, 2.24) is 9.13 Å². The summed E-state index contributed by atoms with van der Waals surface area (Å²) in [6.45, 7) is 12.7. The molecule has 244 valence electrons. The van der Waals surface area contributed by atoms with Crippen molar-refractivity contribution in [2.45, 2.75) is 72.2 Å². The van der Waals surface area contributed by atoms with Crippen LogP contribution in [0, 0.1) is 0 Å². The summed E-state index contributed by atoms with van der Waals surface area (Å²) in [6, 6.07) is 10.1. The van der Waals surface area contributed by atoms with Crippen LogP contribution in [0.3, 0.4) is 0 Å². The normalized spacial score (nSPS) is 13.0. The first-order chi connectivity index (χ1) is 21.0. The van der Waals surface area contributed by atoms with E-state index in [1.54, 1.807) is 57.2 Å². The first-order valence-electron chi connectivity index (χ1n) is 14.4. The maximum absolute atomic E-state index is 12.2. The summed E-state index contributed by atoms with van der Waals surface area (Å²) < 4.78 is 22.9. The minimum absolute atomic E-state index is 0.0656. The quantitative estimate of drug-likeness (QED) is 0.168. The second-order valence-electron chi connectivity index (χ2n) is 12.2. The molecule has 5 rings (SSSR count). The second-order valence-corrected chi connectivity index (χ2v) is 13.0. The van der Waals surface area contributed by atoms with Crippen molar-refractivity contribution in [3.05, 3.63) is 70.0 Å². The molecule has 0 spiro atoms. The number of hydrogen-bond donors (Lipinski definition) is 1. The Morgan fingerprint density at radius 3 is 1.67 bits per heavy atom. The van der Waals surface area contributed by atoms with Crippen LogP contribution >= 0.6 is 23.2 Å². The number of methoxy groups -OCH3 is 1. The van der Waals surface area contributed by atoms with E-state index in [-0.39, 0.29) is 6.61 Å². The lowest BCUT2D eigenvalue weighted by molar-refractivity contribution is 0.0533. The summed E-state index contributed by atoms with van der Waals surface area (Å²) in [5, 5.41) is 11.2. The van der Waals surface area contributed by atoms with Crippen molar-refractivity contribution in [3.63, 3.8) is 0 Å². The summed E-state index contributed by atoms with van der Waals surface area (Å²) in [7, 11) is 1.31. The van der Waals surface area contributed by atoms with Gasteiger partial charge in [-0.1, -0.05) is 29.3 Å². The highest BCUT2D eigenvalue weighted by Crippen LogP contribution is 2.29. The van der Waals surface area contributed by atoms with E-state index in [9.17, 15) is 14.4 Å². The molecule has 2 aromatic heterocycles. The van der Waals surface area contributed by atoms with Gasteiger partial charge in [0.2, 0.25) is 0 Å². The number of carbonyl (C=O) groups is 3. The van der Waals surface area contributed by atoms with E-state index in [0.29, 0.717) is 32.0 Å². The molecule has 1 N–H and O–H groups in total. The number of rotatable bonds is 2. The Balaban J connectivity index is 0.000000213. The summed E-state index contributed by atoms with van der Waals surface area (Å²) in [6.07, 6.45) is 4.56. The molecule has 0 bridgehead atoms. The zero-order chi connectivity index (χ0) is 33.5. The number of aliphatic hydroxyl groups is 1. The summed E-state index contributed by atoms with van der Waals surface area (Å²) in [5.74, 6) is -0.460. The van der Waals surface area contributed by atoms with Crippen molar-refractivity contribution in [2.24, 2.45) is 0 Å². The van der Waals surface area contributed by atoms with Gasteiger partial charge >= 0.3 is 18.2 Å². The van der Waals surface area contributed by atoms with Crippen molar-refractivity contribution in [2.75, 3.05) is 20.3 Å². The summed E-state index contributed by atoms with van der Waals surface area (Å²) in [5.41, 5.74) is 1.18. The highest BCUT2D eigenvalue weighted by Gasteiger charge is 2.22. The number of aliphatic hydroxyl groups excluding tert-OH is 1. The van der Waals surface area contributed by atoms with Gasteiger partial charge in [-0.3, -0.25) is 9.13 Å². The first kappa shape index (κ1) is 35.9. The zero-order valence-corrected chi connectivity index (χ0v) is 28.1. The molecule has 1 fully saturated rings. The number of ether oxygens (including phenoxy) is 4. The predicted molar refractivity (Wildman–Crippen MR) is 174 cm³/mol. The number of carbonyl (C=O) groups excluding carboxylic acids is 3. The summed E-state index contributed by atoms with van der Waals surface area (Å²) in [4.78, 5) is 35.8. The summed E-state index contributed by atoms with van der Waals surface area (Å²) >= 11 is 12.2. The largest absolute Gasteiger partial charge is 0.465 e. The Morgan fingerprint density at radius 1 is 0.800 bits per heavy atom. The number of benzene rings is 2. The number of hydrogen-bond acceptors (Lipinski definition) is 8. The molecule has 10 nitrogen and oxygen atoms in total. The van der Waals surface area contributed by atoms with Crippen LogP contribution in [0.15, 0.2) is 48.8 Å². The van der Waals surface area contributed by atoms with Gasteiger partial charge in [0.25, 0.3) is 0 Å². The fourth-order valence-electron chi connectivity index (χ4n) is 4.20. The number of aromatic nitrogens is 2. The Morgan fingerprint density at radius 2 is 1.27 bits per heavy atom. The lowest BCUT2D eigenvalue weighted by Crippen LogP contribution is -2.26. The standard InChI is InChI=1S/C15H16ClNO4.C14H16ClNO3.C4H8O/c1-15(2,3)21-14(19)17-8-11(16)10-7-9(13(18)20-4)5-6-12(10)17;1-14(2,3)19-13(18)16-7-11(15)10-6-9(8-17)4-5-12(10)16;1-2-4-5-3-1/h5-8H,1-4H3;4-7,17H,8H2,1-3H3;1-4H2. The maximum Gasteiger partial charge on any atom is 0.419 e. The fourth-order valence-corrected chi connectivity index (χ4v) is 4.70. The number of halogens is 2. The third kappa shape index (κ3) is 9.96. The smallest absolute Gasteiger partial charge is 0.419 e. The average Bonchev–Trinajstić information content (AvgIpc) is 3.72. The van der Waals surface area contributed by atoms with Crippen LogP contribution in [0.4, 0.5) is 9.59 Å². The van der Waals surface area contributed by atoms with Crippen LogP contribution < -0.4 is 0 Å². The minimum Gasteiger partial charge on any atom is -0.465 e. The molecule has 1 aliphatic heterocycles. The predicted octanol–water partition coefficient (Wildman–Crippen LogP) is 8.23. The maximum atomic E-state index is 12.2. The third-order valence-corrected chi connectivity index (χ3v) is 6.79. The Bertz CT molecular complexity index is 1650. The molecule has 1 saturated heterocycles. The van der Waals surface area contributed by atoms with Gasteiger partial charge in [-0.25, -0.2) is 14.4 Å². The lowest BCUT2D eigenvalue weighted by atomic mass is 10.1. The number of nitrogens with zero attached hydrogens (tertiary/aromatic N) is 2. The van der Waals surface area contributed by atoms with E-state index >= 15 is 0 Å². The number of esters is 1. The van der Waals surface area contributed by atoms with E-state index in [2.05, 4.69) is 4.74 Å². The third-order valence-electron chi connectivity index (χ3n) is 6.19. The monoisotopic (exact) mass is 662 g/mol. The number of fused-ring (bicyclic) bond motifs is 2. The van der Waals surface area contributed by atoms with E-state index in [1.807, 2.05) is 20.8 Å². The van der Waals surface area contributed by atoms with E-state index in [1.165, 1.54) is 41.5 Å². The average molecular weight is 664 g/mol. The molecule has 4 aromatic rings. The highest BCUT2D eigenvalue weighted by atomic mass is 35.5. The molecule has 0 amide bonds. The lowest BCUT2D eigenvalue weighted by Gasteiger charge is -2.19. The van der Waals surface area contributed by atoms with Crippen molar-refractivity contribution in [1.29, 1.82) is 0 Å². The molecule has 0 radical (unpaired) electrons. The second kappa shape index (κ2) is 15.1. The highest BCUT2D eigenvalue weighted by molar-refractivity contribution is 6.36. The van der Waals surface area contributed by atoms with Crippen LogP contribution in [0.1, 0.15) is 70.3 Å². The molecule has 0 unspecified atom stereocenters. The van der Waals surface area contributed by atoms with Gasteiger partial charge in [0.15, 0.2) is 0 Å². The first-order valence-corrected chi connectivity index (χ1v) is 15.1. The zero-order valence-electron chi connectivity index (χ0n) is 26.6. The van der Waals surface area contributed by atoms with E-state index in [4.69, 9.17) is 42.5 Å². The molecule has 12 heteroatoms. The van der Waals surface area contributed by atoms with Gasteiger partial charge < -0.3 is 24.1 Å². The molecule has 45 heavy (non-hydrogen) atoms. The van der Waals surface area contributed by atoms with Gasteiger partial charge in [0, 0.05) is 36.4 Å². The van der Waals surface area contributed by atoms with Gasteiger partial charge in [0.05, 0.1) is 40.4 Å². The van der Waals surface area contributed by atoms with Gasteiger partial charge in [-0.05, 0) is 90.3 Å². The molecular formula is C33H40Cl2N2O8. The molecule has 3 heterocycles. The van der Waals surface area contributed by atoms with Crippen LogP contribution in [0.2, 0.25) is 10.0 Å². The minimum atomic E-state index is -0.605. The van der Waals surface area contributed by atoms with Gasteiger partial charge in [0.1, 0.15) is 11.2 Å². The van der Waals surface area contributed by atoms with Crippen molar-refractivity contribution < 1.29 is 38.4 Å². The van der Waals surface area contributed by atoms with Crippen LogP contribution in [0.25, 0.3) is 21.8 Å². The fraction of sp³-hybridized carbons (Fsp3) is 0.424. The van der Waals surface area contributed by atoms with E-state index < -0.39 is 29.4 Å². The van der Waals surface area contributed by atoms with Crippen LogP contribution in [-0.2, 0) is 25.6 Å². The topological polar surface area (TPSA) is 118 Å². The van der Waals surface area contributed by atoms with Crippen LogP contribution in [-0.4, -0.2) is 63.9 Å². The molecule has 0 aliphatic carbocycles. The Hall–Kier alpha value is -3.57. The van der Waals surface area contributed by atoms with Gasteiger partial charge in [-0.2, -0.15) is 0 Å². The molecule has 1 aliphatic rings. The van der Waals surface area contributed by atoms with Gasteiger partial charge in [-0.15, -0.1) is 0 Å². The van der Waals surface area contributed by atoms with Crippen molar-refractivity contribution in [3.8, 4) is 0 Å². The van der Waals surface area contributed by atoms with E-state index in [0.717, 1.165) is 24.2 Å². The van der Waals surface area contributed by atoms with Crippen molar-refractivity contribution >= 4 is 63.2 Å². The van der Waals surface area contributed by atoms with Crippen LogP contribution in [0.5, 0.6) is 0 Å². The molecular weight excluding hydrogens is 623 g/mol. The molecule has 2 aromatic carbocycles. The Kier molecular flexibility index (Phi) is 12.1. The molecule has 0 atom stereocenters. The Labute approximate surface area is 272 Å². The molecule has 0 saturated carbocycles. The SMILES string of the molecule is C1CCOC1.CC(C)(C)OC(=O)n1cc(Cl)c2cc(CO)ccc21.COC(=O)c1ccc2c(c1)c(Cl)cn2C(=O)OC(C)(C)C.